The number of halogens is 2. The molecule has 0 amide bonds. The number of phosphoric ester groups is 2. The molecule has 10 atom stereocenters. The number of anilines is 2. The average Bonchev–Trinajstić information content (AvgIpc) is 3.77. The van der Waals surface area contributed by atoms with Gasteiger partial charge in [0.25, 0.3) is 0 Å². The fraction of sp³-hybridized carbons (Fsp3) is 0.524. The molecule has 3 saturated heterocycles. The molecule has 4 aromatic heterocycles. The number of rotatable bonds is 3. The van der Waals surface area contributed by atoms with Crippen molar-refractivity contribution in [2.24, 2.45) is 0 Å². The second-order valence-electron chi connectivity index (χ2n) is 10.0. The summed E-state index contributed by atoms with van der Waals surface area (Å²) < 4.78 is 98.8. The lowest BCUT2D eigenvalue weighted by molar-refractivity contribution is -0.0681. The second-order valence-corrected chi connectivity index (χ2v) is 13.1. The minimum Gasteiger partial charge on any atom is -0.382 e. The first-order valence-electron chi connectivity index (χ1n) is 13.1. The normalized spacial score (nSPS) is 37.7. The van der Waals surface area contributed by atoms with Crippen LogP contribution in [0, 0.1) is 0 Å². The first-order chi connectivity index (χ1) is 21.5. The van der Waals surface area contributed by atoms with Crippen LogP contribution in [0.15, 0.2) is 25.3 Å². The van der Waals surface area contributed by atoms with Crippen LogP contribution in [0.2, 0.25) is 0 Å². The highest BCUT2D eigenvalue weighted by Crippen LogP contribution is 2.56. The zero-order valence-corrected chi connectivity index (χ0v) is 24.6. The van der Waals surface area contributed by atoms with E-state index in [0.29, 0.717) is 0 Å². The van der Waals surface area contributed by atoms with Crippen molar-refractivity contribution < 1.29 is 54.9 Å². The van der Waals surface area contributed by atoms with Crippen LogP contribution in [-0.2, 0) is 41.2 Å². The first kappa shape index (κ1) is 30.4. The topological polar surface area (TPSA) is 258 Å². The van der Waals surface area contributed by atoms with Crippen LogP contribution in [0.3, 0.4) is 0 Å². The number of nitrogens with two attached hydrogens (primary N) is 2. The van der Waals surface area contributed by atoms with Crippen LogP contribution >= 0.6 is 15.6 Å². The maximum Gasteiger partial charge on any atom is 0.475 e. The highest BCUT2D eigenvalue weighted by molar-refractivity contribution is 7.48. The maximum atomic E-state index is 16.0. The average molecular weight is 676 g/mol. The molecule has 2 bridgehead atoms. The van der Waals surface area contributed by atoms with Gasteiger partial charge in [-0.05, 0) is 0 Å². The highest BCUT2D eigenvalue weighted by atomic mass is 31.2. The summed E-state index contributed by atoms with van der Waals surface area (Å²) in [6.07, 6.45) is -9.31. The fourth-order valence-corrected chi connectivity index (χ4v) is 7.30. The summed E-state index contributed by atoms with van der Waals surface area (Å²) in [5, 5.41) is 0. The Labute approximate surface area is 250 Å². The van der Waals surface area contributed by atoms with Crippen molar-refractivity contribution in [1.29, 1.82) is 0 Å². The fourth-order valence-electron chi connectivity index (χ4n) is 5.25. The maximum absolute atomic E-state index is 16.0. The summed E-state index contributed by atoms with van der Waals surface area (Å²) in [5.41, 5.74) is 12.2. The smallest absolute Gasteiger partial charge is 0.382 e. The lowest BCUT2D eigenvalue weighted by atomic mass is 10.1. The monoisotopic (exact) mass is 676 g/mol. The summed E-state index contributed by atoms with van der Waals surface area (Å²) in [5.74, 6) is 0.0363. The van der Waals surface area contributed by atoms with Gasteiger partial charge in [0, 0.05) is 7.11 Å². The summed E-state index contributed by atoms with van der Waals surface area (Å²) in [6, 6.07) is 0. The molecule has 3 aliphatic rings. The third kappa shape index (κ3) is 5.26. The van der Waals surface area contributed by atoms with Gasteiger partial charge in [0.1, 0.15) is 48.1 Å². The van der Waals surface area contributed by atoms with Crippen LogP contribution < -0.4 is 11.5 Å². The van der Waals surface area contributed by atoms with E-state index in [1.54, 1.807) is 0 Å². The predicted molar refractivity (Wildman–Crippen MR) is 143 cm³/mol. The molecular formula is C21H24F2N10O10P2. The Morgan fingerprint density at radius 3 is 2.02 bits per heavy atom. The summed E-state index contributed by atoms with van der Waals surface area (Å²) in [7, 11) is -8.83. The number of nitrogens with zero attached hydrogens (tertiary/aromatic N) is 8. The molecule has 7 heterocycles. The van der Waals surface area contributed by atoms with Gasteiger partial charge < -0.3 is 25.8 Å². The third-order valence-electron chi connectivity index (χ3n) is 7.38. The molecule has 5 N–H and O–H groups in total. The Hall–Kier alpha value is -3.30. The number of nitrogen functional groups attached to an aromatic ring is 2. The minimum absolute atomic E-state index is 0.0154. The Bertz CT molecular complexity index is 1850. The van der Waals surface area contributed by atoms with Crippen LogP contribution in [-0.4, -0.2) is 101 Å². The Morgan fingerprint density at radius 2 is 1.40 bits per heavy atom. The van der Waals surface area contributed by atoms with E-state index in [1.807, 2.05) is 0 Å². The van der Waals surface area contributed by atoms with Gasteiger partial charge in [-0.2, -0.15) is 0 Å². The zero-order valence-electron chi connectivity index (χ0n) is 22.8. The zero-order chi connectivity index (χ0) is 31.7. The van der Waals surface area contributed by atoms with Crippen molar-refractivity contribution in [3.8, 4) is 0 Å². The molecule has 7 rings (SSSR count). The number of phosphoric acid groups is 2. The molecule has 242 valence electrons. The quantitative estimate of drug-likeness (QED) is 0.255. The van der Waals surface area contributed by atoms with Crippen molar-refractivity contribution in [2.75, 3.05) is 31.8 Å². The SMILES string of the molecule is COP1(=O)OC[C@H]2O[C@@H](n3cnc4c(N)ncnc43)[C@@H](F)C2OP(=O)(O)OC[C@H]2O[C@@H](n3cnc4c(N)ncnc43)[C@@H](O1)C2F. The van der Waals surface area contributed by atoms with E-state index in [2.05, 4.69) is 29.9 Å². The van der Waals surface area contributed by atoms with Gasteiger partial charge in [-0.25, -0.2) is 47.8 Å². The van der Waals surface area contributed by atoms with E-state index in [4.69, 9.17) is 43.6 Å². The molecule has 0 spiro atoms. The van der Waals surface area contributed by atoms with E-state index in [9.17, 15) is 14.0 Å². The summed E-state index contributed by atoms with van der Waals surface area (Å²) >= 11 is 0. The van der Waals surface area contributed by atoms with Gasteiger partial charge in [0.15, 0.2) is 47.7 Å². The van der Waals surface area contributed by atoms with Crippen molar-refractivity contribution in [3.05, 3.63) is 25.3 Å². The van der Waals surface area contributed by atoms with E-state index >= 15 is 8.78 Å². The molecule has 24 heteroatoms. The van der Waals surface area contributed by atoms with Gasteiger partial charge in [0.05, 0.1) is 25.9 Å². The number of hydrogen-bond donors (Lipinski definition) is 3. The molecule has 0 aromatic carbocycles. The largest absolute Gasteiger partial charge is 0.475 e. The number of ether oxygens (including phenoxy) is 2. The molecule has 4 aromatic rings. The molecule has 45 heavy (non-hydrogen) atoms. The number of imidazole rings is 2. The van der Waals surface area contributed by atoms with Crippen molar-refractivity contribution in [1.82, 2.24) is 39.0 Å². The molecule has 20 nitrogen and oxygen atoms in total. The molecular weight excluding hydrogens is 652 g/mol. The van der Waals surface area contributed by atoms with Crippen molar-refractivity contribution in [2.45, 2.75) is 49.2 Å². The number of alkyl halides is 2. The molecule has 0 saturated carbocycles. The Morgan fingerprint density at radius 1 is 0.822 bits per heavy atom. The molecule has 4 unspecified atom stereocenters. The molecule has 3 fully saturated rings. The molecule has 3 aliphatic heterocycles. The number of fused-ring (bicyclic) bond motifs is 5. The summed E-state index contributed by atoms with van der Waals surface area (Å²) in [6.45, 7) is -1.67. The lowest BCUT2D eigenvalue weighted by Gasteiger charge is -2.26. The van der Waals surface area contributed by atoms with Gasteiger partial charge in [0.2, 0.25) is 0 Å². The number of aromatic nitrogens is 8. The Balaban J connectivity index is 1.22. The van der Waals surface area contributed by atoms with Crippen LogP contribution in [0.1, 0.15) is 12.5 Å². The van der Waals surface area contributed by atoms with Crippen LogP contribution in [0.25, 0.3) is 22.3 Å². The molecule has 0 aliphatic carbocycles. The third-order valence-corrected chi connectivity index (χ3v) is 9.78. The van der Waals surface area contributed by atoms with Crippen LogP contribution in [0.4, 0.5) is 20.4 Å². The lowest BCUT2D eigenvalue weighted by Crippen LogP contribution is -2.34. The Kier molecular flexibility index (Phi) is 7.55. The van der Waals surface area contributed by atoms with Gasteiger partial charge in [-0.15, -0.1) is 0 Å². The van der Waals surface area contributed by atoms with E-state index in [0.717, 1.165) is 19.8 Å². The van der Waals surface area contributed by atoms with E-state index in [-0.39, 0.29) is 34.0 Å². The van der Waals surface area contributed by atoms with Crippen molar-refractivity contribution >= 4 is 49.6 Å². The number of hydrogen-bond acceptors (Lipinski definition) is 17. The van der Waals surface area contributed by atoms with Gasteiger partial charge in [-0.1, -0.05) is 0 Å². The highest BCUT2D eigenvalue weighted by Gasteiger charge is 2.55. The molecule has 0 radical (unpaired) electrons. The van der Waals surface area contributed by atoms with Crippen LogP contribution in [0.5, 0.6) is 0 Å². The predicted octanol–water partition coefficient (Wildman–Crippen LogP) is 0.974. The minimum atomic E-state index is -5.13. The standard InChI is InChI=1S/C21H24F2N10O10P2/c1-37-45(36)39-3-9-14(11(23)20(41-9)32-6-30-12-16(24)26-4-28-18(12)32)42-44(34,35)38-2-8-10(22)15(43-45)21(40-8)33-7-31-13-17(25)27-5-29-19(13)33/h4-11,14-15,20-21H,2-3H2,1H3,(H,34,35)(H2,24,26,28)(H2,25,27,29)/t8-,9-,10?,11+,14?,15+,20-,21-,45?/m1/s1. The van der Waals surface area contributed by atoms with E-state index in [1.165, 1.54) is 21.8 Å². The second kappa shape index (κ2) is 11.2. The van der Waals surface area contributed by atoms with Crippen molar-refractivity contribution in [3.63, 3.8) is 0 Å². The summed E-state index contributed by atoms with van der Waals surface area (Å²) in [4.78, 5) is 34.6. The van der Waals surface area contributed by atoms with Gasteiger partial charge in [-0.3, -0.25) is 31.8 Å². The first-order valence-corrected chi connectivity index (χ1v) is 16.0. The van der Waals surface area contributed by atoms with Gasteiger partial charge >= 0.3 is 15.6 Å². The van der Waals surface area contributed by atoms with E-state index < -0.39 is 78.1 Å².